The molecule has 5 aromatic carbocycles. The Labute approximate surface area is 287 Å². The number of aromatic nitrogens is 1. The van der Waals surface area contributed by atoms with Crippen LogP contribution in [0.5, 0.6) is 5.75 Å². The lowest BCUT2D eigenvalue weighted by molar-refractivity contribution is 0.414. The van der Waals surface area contributed by atoms with Crippen molar-refractivity contribution >= 4 is 50.4 Å². The lowest BCUT2D eigenvalue weighted by Gasteiger charge is -2.27. The highest BCUT2D eigenvalue weighted by molar-refractivity contribution is 7.90. The molecule has 0 radical (unpaired) electrons. The maximum atomic E-state index is 14.8. The summed E-state index contributed by atoms with van der Waals surface area (Å²) in [5.74, 6) is 0.695. The summed E-state index contributed by atoms with van der Waals surface area (Å²) < 4.78 is 53.5. The Balaban J connectivity index is 1.70. The topological polar surface area (TPSA) is 77.4 Å². The van der Waals surface area contributed by atoms with E-state index in [-0.39, 0.29) is 4.90 Å². The summed E-state index contributed by atoms with van der Waals surface area (Å²) in [4.78, 5) is 0.203. The van der Waals surface area contributed by atoms with E-state index >= 15 is 0 Å². The van der Waals surface area contributed by atoms with Crippen LogP contribution in [0.4, 0.5) is 0 Å². The van der Waals surface area contributed by atoms with Crippen LogP contribution in [0, 0.1) is 0 Å². The molecule has 1 aromatic heterocycles. The highest BCUT2D eigenvalue weighted by Gasteiger charge is 2.34. The minimum atomic E-state index is -4.07. The number of fused-ring (bicyclic) bond motifs is 1. The van der Waals surface area contributed by atoms with Gasteiger partial charge < -0.3 is 4.74 Å². The molecule has 0 saturated carbocycles. The molecule has 0 fully saturated rings. The van der Waals surface area contributed by atoms with Gasteiger partial charge in [0, 0.05) is 22.8 Å². The number of hydrogen-bond acceptors (Lipinski definition) is 4. The molecule has 1 N–H and O–H groups in total. The summed E-state index contributed by atoms with van der Waals surface area (Å²) in [6.45, 7) is 5.78. The molecule has 0 aliphatic heterocycles. The van der Waals surface area contributed by atoms with Gasteiger partial charge in [0.15, 0.2) is 0 Å². The SMILES string of the molecule is COc1ccc([C@H](N[S@](=O)C(C)(C)C)c2c(CP(c3ccccc3)c3ccccc3)n(S(=O)(=O)c3ccccc3)c3ccccc23)cc1. The quantitative estimate of drug-likeness (QED) is 0.141. The number of hydrogen-bond donors (Lipinski definition) is 1. The number of nitrogens with zero attached hydrogens (tertiary/aromatic N) is 1. The lowest BCUT2D eigenvalue weighted by atomic mass is 9.97. The van der Waals surface area contributed by atoms with Gasteiger partial charge in [-0.1, -0.05) is 109 Å². The number of para-hydroxylation sites is 1. The molecule has 0 aliphatic rings. The molecule has 6 aromatic rings. The van der Waals surface area contributed by atoms with Crippen LogP contribution in [-0.2, 0) is 27.2 Å². The molecule has 6 nitrogen and oxygen atoms in total. The van der Waals surface area contributed by atoms with Gasteiger partial charge in [0.2, 0.25) is 0 Å². The first-order chi connectivity index (χ1) is 23.1. The summed E-state index contributed by atoms with van der Waals surface area (Å²) in [6, 6.07) is 43.8. The van der Waals surface area contributed by atoms with Crippen molar-refractivity contribution in [3.8, 4) is 5.75 Å². The van der Waals surface area contributed by atoms with Gasteiger partial charge in [0.25, 0.3) is 10.0 Å². The van der Waals surface area contributed by atoms with E-state index in [0.717, 1.165) is 27.1 Å². The molecular weight excluding hydrogens is 656 g/mol. The summed E-state index contributed by atoms with van der Waals surface area (Å²) >= 11 is 0. The normalized spacial score (nSPS) is 13.4. The predicted molar refractivity (Wildman–Crippen MR) is 200 cm³/mol. The van der Waals surface area contributed by atoms with Crippen molar-refractivity contribution < 1.29 is 17.4 Å². The van der Waals surface area contributed by atoms with Crippen LogP contribution >= 0.6 is 7.92 Å². The van der Waals surface area contributed by atoms with Gasteiger partial charge in [-0.15, -0.1) is 0 Å². The average Bonchev–Trinajstić information content (AvgIpc) is 3.44. The summed E-state index contributed by atoms with van der Waals surface area (Å²) in [5, 5.41) is 3.04. The Morgan fingerprint density at radius 2 is 1.27 bits per heavy atom. The van der Waals surface area contributed by atoms with Gasteiger partial charge >= 0.3 is 0 Å². The van der Waals surface area contributed by atoms with Crippen LogP contribution in [0.3, 0.4) is 0 Å². The van der Waals surface area contributed by atoms with Crippen LogP contribution in [-0.4, -0.2) is 28.5 Å². The van der Waals surface area contributed by atoms with E-state index in [1.54, 1.807) is 31.4 Å². The number of rotatable bonds is 11. The first-order valence-corrected chi connectivity index (χ1v) is 19.8. The Morgan fingerprint density at radius 1 is 0.750 bits per heavy atom. The molecular formula is C39H39N2O4PS2. The highest BCUT2D eigenvalue weighted by Crippen LogP contribution is 2.45. The second-order valence-corrected chi connectivity index (χ2v) is 18.4. The second kappa shape index (κ2) is 14.2. The maximum absolute atomic E-state index is 14.8. The number of ether oxygens (including phenoxy) is 1. The fourth-order valence-corrected chi connectivity index (χ4v) is 10.6. The Kier molecular flexibility index (Phi) is 10.00. The number of benzene rings is 5. The van der Waals surface area contributed by atoms with Crippen molar-refractivity contribution in [1.29, 1.82) is 0 Å². The Hall–Kier alpha value is -4.07. The lowest BCUT2D eigenvalue weighted by Crippen LogP contribution is -2.36. The molecule has 0 saturated heterocycles. The molecule has 48 heavy (non-hydrogen) atoms. The van der Waals surface area contributed by atoms with E-state index < -0.39 is 39.7 Å². The van der Waals surface area contributed by atoms with Crippen molar-refractivity contribution in [3.63, 3.8) is 0 Å². The zero-order valence-electron chi connectivity index (χ0n) is 27.4. The molecule has 0 amide bonds. The fourth-order valence-electron chi connectivity index (χ4n) is 5.80. The molecule has 0 unspecified atom stereocenters. The fraction of sp³-hybridized carbons (Fsp3) is 0.179. The highest BCUT2D eigenvalue weighted by atomic mass is 32.2. The zero-order valence-corrected chi connectivity index (χ0v) is 29.9. The van der Waals surface area contributed by atoms with E-state index in [4.69, 9.17) is 4.74 Å². The number of nitrogens with one attached hydrogen (secondary N) is 1. The van der Waals surface area contributed by atoms with Crippen molar-refractivity contribution in [1.82, 2.24) is 8.69 Å². The van der Waals surface area contributed by atoms with Crippen LogP contribution < -0.4 is 20.1 Å². The molecule has 2 atom stereocenters. The van der Waals surface area contributed by atoms with E-state index in [1.807, 2.05) is 112 Å². The van der Waals surface area contributed by atoms with Gasteiger partial charge in [-0.05, 0) is 75.2 Å². The Bertz CT molecular complexity index is 2090. The van der Waals surface area contributed by atoms with E-state index in [9.17, 15) is 12.6 Å². The molecule has 1 heterocycles. The van der Waals surface area contributed by atoms with Crippen molar-refractivity contribution in [2.75, 3.05) is 7.11 Å². The van der Waals surface area contributed by atoms with Crippen molar-refractivity contribution in [3.05, 3.63) is 156 Å². The largest absolute Gasteiger partial charge is 0.497 e. The summed E-state index contributed by atoms with van der Waals surface area (Å²) in [6.07, 6.45) is 0.427. The van der Waals surface area contributed by atoms with Crippen LogP contribution in [0.25, 0.3) is 10.9 Å². The van der Waals surface area contributed by atoms with Gasteiger partial charge in [-0.3, -0.25) is 0 Å². The van der Waals surface area contributed by atoms with Gasteiger partial charge in [0.05, 0.1) is 39.3 Å². The van der Waals surface area contributed by atoms with Crippen molar-refractivity contribution in [2.45, 2.75) is 42.6 Å². The van der Waals surface area contributed by atoms with Crippen molar-refractivity contribution in [2.24, 2.45) is 0 Å². The third kappa shape index (κ3) is 6.90. The minimum absolute atomic E-state index is 0.203. The molecule has 246 valence electrons. The zero-order chi connectivity index (χ0) is 33.9. The van der Waals surface area contributed by atoms with Crippen LogP contribution in [0.15, 0.2) is 144 Å². The standard InChI is InChI=1S/C39H39N2O4PS2/c1-39(2,3)47(42)40-38(29-24-26-30(45-4)27-25-29)37-34-22-14-15-23-35(34)41(48(43,44)33-20-12-7-13-21-33)36(37)28-46(31-16-8-5-9-17-31)32-18-10-6-11-19-32/h5-27,38,40H,28H2,1-4H3/t38-,47+/m0/s1. The molecule has 0 bridgehead atoms. The van der Waals surface area contributed by atoms with E-state index in [1.165, 1.54) is 3.97 Å². The summed E-state index contributed by atoms with van der Waals surface area (Å²) in [5.41, 5.74) is 2.85. The molecule has 6 rings (SSSR count). The summed E-state index contributed by atoms with van der Waals surface area (Å²) in [7, 11) is -5.00. The van der Waals surface area contributed by atoms with Gasteiger partial charge in [0.1, 0.15) is 5.75 Å². The van der Waals surface area contributed by atoms with E-state index in [0.29, 0.717) is 23.1 Å². The first-order valence-electron chi connectivity index (χ1n) is 15.7. The molecule has 0 spiro atoms. The monoisotopic (exact) mass is 694 g/mol. The maximum Gasteiger partial charge on any atom is 0.268 e. The number of methoxy groups -OCH3 is 1. The first kappa shape index (κ1) is 33.8. The molecule has 9 heteroatoms. The molecule has 0 aliphatic carbocycles. The van der Waals surface area contributed by atoms with Gasteiger partial charge in [-0.25, -0.2) is 21.3 Å². The smallest absolute Gasteiger partial charge is 0.268 e. The van der Waals surface area contributed by atoms with Crippen LogP contribution in [0.2, 0.25) is 0 Å². The van der Waals surface area contributed by atoms with Gasteiger partial charge in [-0.2, -0.15) is 0 Å². The third-order valence-corrected chi connectivity index (χ3v) is 14.0. The Morgan fingerprint density at radius 3 is 1.81 bits per heavy atom. The minimum Gasteiger partial charge on any atom is -0.497 e. The third-order valence-electron chi connectivity index (χ3n) is 8.21. The average molecular weight is 695 g/mol. The van der Waals surface area contributed by atoms with Crippen LogP contribution in [0.1, 0.15) is 43.6 Å². The second-order valence-electron chi connectivity index (χ2n) is 12.4. The van der Waals surface area contributed by atoms with E-state index in [2.05, 4.69) is 29.0 Å². The predicted octanol–water partition coefficient (Wildman–Crippen LogP) is 7.66.